The average Bonchev–Trinajstić information content (AvgIpc) is 3.23. The highest BCUT2D eigenvalue weighted by molar-refractivity contribution is 6.04. The Morgan fingerprint density at radius 1 is 1.14 bits per heavy atom. The van der Waals surface area contributed by atoms with Gasteiger partial charge in [0.2, 0.25) is 0 Å². The van der Waals surface area contributed by atoms with Crippen LogP contribution in [0, 0.1) is 0 Å². The zero-order valence-electron chi connectivity index (χ0n) is 16.7. The first kappa shape index (κ1) is 19.3. The van der Waals surface area contributed by atoms with Crippen molar-refractivity contribution in [1.82, 2.24) is 19.7 Å². The molecule has 1 aliphatic rings. The van der Waals surface area contributed by atoms with Crippen molar-refractivity contribution in [2.75, 3.05) is 18.4 Å². The topological polar surface area (TPSA) is 72.3 Å². The maximum absolute atomic E-state index is 12.5. The number of benzene rings is 1. The van der Waals surface area contributed by atoms with E-state index in [2.05, 4.69) is 34.1 Å². The van der Waals surface area contributed by atoms with Gasteiger partial charge in [-0.3, -0.25) is 9.69 Å². The van der Waals surface area contributed by atoms with Crippen LogP contribution in [0.3, 0.4) is 0 Å². The van der Waals surface area contributed by atoms with Crippen molar-refractivity contribution in [2.24, 2.45) is 0 Å². The molecule has 0 aliphatic carbocycles. The molecule has 0 bridgehead atoms. The lowest BCUT2D eigenvalue weighted by Crippen LogP contribution is -2.44. The minimum atomic E-state index is -0.154. The molecule has 29 heavy (non-hydrogen) atoms. The third-order valence-electron chi connectivity index (χ3n) is 4.86. The van der Waals surface area contributed by atoms with Gasteiger partial charge in [-0.15, -0.1) is 0 Å². The van der Waals surface area contributed by atoms with Gasteiger partial charge in [-0.1, -0.05) is 12.1 Å². The van der Waals surface area contributed by atoms with E-state index in [-0.39, 0.29) is 18.1 Å². The lowest BCUT2D eigenvalue weighted by atomic mass is 10.1. The first-order valence-electron chi connectivity index (χ1n) is 9.81. The third-order valence-corrected chi connectivity index (χ3v) is 4.86. The fraction of sp³-hybridized carbons (Fsp3) is 0.318. The lowest BCUT2D eigenvalue weighted by Gasteiger charge is -2.35. The molecule has 0 radical (unpaired) electrons. The van der Waals surface area contributed by atoms with Crippen molar-refractivity contribution < 1.29 is 9.53 Å². The van der Waals surface area contributed by atoms with Crippen LogP contribution in [0.25, 0.3) is 5.82 Å². The number of carbonyl (C=O) groups is 1. The normalized spacial score (nSPS) is 19.8. The van der Waals surface area contributed by atoms with Crippen molar-refractivity contribution in [3.8, 4) is 5.82 Å². The van der Waals surface area contributed by atoms with E-state index in [4.69, 9.17) is 4.74 Å². The highest BCUT2D eigenvalue weighted by Crippen LogP contribution is 2.16. The van der Waals surface area contributed by atoms with Crippen molar-refractivity contribution >= 4 is 11.6 Å². The van der Waals surface area contributed by atoms with Gasteiger partial charge in [-0.2, -0.15) is 5.10 Å². The number of carbonyl (C=O) groups excluding carboxylic acids is 1. The number of rotatable bonds is 5. The van der Waals surface area contributed by atoms with Gasteiger partial charge in [0, 0.05) is 37.6 Å². The van der Waals surface area contributed by atoms with Crippen LogP contribution in [0.15, 0.2) is 61.1 Å². The molecule has 0 spiro atoms. The molecule has 3 aromatic rings. The summed E-state index contributed by atoms with van der Waals surface area (Å²) in [6.45, 7) is 6.92. The van der Waals surface area contributed by atoms with Crippen LogP contribution in [0.1, 0.15) is 29.8 Å². The number of morpholine rings is 1. The molecule has 2 aromatic heterocycles. The molecule has 0 unspecified atom stereocenters. The summed E-state index contributed by atoms with van der Waals surface area (Å²) >= 11 is 0. The van der Waals surface area contributed by atoms with Crippen LogP contribution in [0.2, 0.25) is 0 Å². The molecule has 150 valence electrons. The molecule has 1 aliphatic heterocycles. The summed E-state index contributed by atoms with van der Waals surface area (Å²) in [5, 5.41) is 7.02. The number of amides is 1. The molecular weight excluding hydrogens is 366 g/mol. The van der Waals surface area contributed by atoms with Crippen molar-refractivity contribution in [3.05, 3.63) is 72.2 Å². The number of ether oxygens (including phenoxy) is 1. The lowest BCUT2D eigenvalue weighted by molar-refractivity contribution is -0.0704. The van der Waals surface area contributed by atoms with E-state index in [1.54, 1.807) is 17.1 Å². The summed E-state index contributed by atoms with van der Waals surface area (Å²) in [6, 6.07) is 13.2. The van der Waals surface area contributed by atoms with E-state index in [9.17, 15) is 4.79 Å². The van der Waals surface area contributed by atoms with Crippen molar-refractivity contribution in [2.45, 2.75) is 32.6 Å². The van der Waals surface area contributed by atoms with Crippen LogP contribution in [0.4, 0.5) is 5.69 Å². The molecule has 1 amide bonds. The molecule has 7 nitrogen and oxygen atoms in total. The Bertz CT molecular complexity index is 928. The fourth-order valence-electron chi connectivity index (χ4n) is 3.64. The maximum atomic E-state index is 12.5. The number of nitrogens with one attached hydrogen (secondary N) is 1. The van der Waals surface area contributed by atoms with Crippen molar-refractivity contribution in [1.29, 1.82) is 0 Å². The average molecular weight is 391 g/mol. The van der Waals surface area contributed by atoms with Gasteiger partial charge >= 0.3 is 0 Å². The highest BCUT2D eigenvalue weighted by Gasteiger charge is 2.22. The number of nitrogens with zero attached hydrogens (tertiary/aromatic N) is 4. The van der Waals surface area contributed by atoms with Gasteiger partial charge in [-0.25, -0.2) is 9.67 Å². The summed E-state index contributed by atoms with van der Waals surface area (Å²) in [5.41, 5.74) is 2.45. The van der Waals surface area contributed by atoms with Gasteiger partial charge in [0.25, 0.3) is 5.91 Å². The second-order valence-corrected chi connectivity index (χ2v) is 7.46. The van der Waals surface area contributed by atoms with E-state index in [0.29, 0.717) is 17.1 Å². The SMILES string of the molecule is C[C@H]1CN(Cc2ccc(C(=O)Nc3ccc(-n4cccn4)nc3)cc2)C[C@H](C)O1. The Hall–Kier alpha value is -3.03. The monoisotopic (exact) mass is 391 g/mol. The summed E-state index contributed by atoms with van der Waals surface area (Å²) in [5.74, 6) is 0.544. The fourth-order valence-corrected chi connectivity index (χ4v) is 3.64. The molecule has 4 rings (SSSR count). The Kier molecular flexibility index (Phi) is 5.69. The first-order valence-corrected chi connectivity index (χ1v) is 9.81. The summed E-state index contributed by atoms with van der Waals surface area (Å²) in [7, 11) is 0. The minimum absolute atomic E-state index is 0.154. The number of aromatic nitrogens is 3. The van der Waals surface area contributed by atoms with Crippen LogP contribution in [-0.4, -0.2) is 50.9 Å². The van der Waals surface area contributed by atoms with E-state index in [0.717, 1.165) is 19.6 Å². The molecule has 0 saturated carbocycles. The first-order chi connectivity index (χ1) is 14.1. The number of anilines is 1. The molecule has 1 fully saturated rings. The summed E-state index contributed by atoms with van der Waals surface area (Å²) in [6.07, 6.45) is 5.64. The van der Waals surface area contributed by atoms with Gasteiger partial charge in [0.1, 0.15) is 0 Å². The Morgan fingerprint density at radius 3 is 2.52 bits per heavy atom. The predicted octanol–water partition coefficient (Wildman–Crippen LogP) is 3.13. The molecule has 1 N–H and O–H groups in total. The van der Waals surface area contributed by atoms with Crippen LogP contribution >= 0.6 is 0 Å². The van der Waals surface area contributed by atoms with Gasteiger partial charge in [-0.05, 0) is 49.7 Å². The van der Waals surface area contributed by atoms with E-state index < -0.39 is 0 Å². The molecular formula is C22H25N5O2. The van der Waals surface area contributed by atoms with Gasteiger partial charge < -0.3 is 10.1 Å². The zero-order chi connectivity index (χ0) is 20.2. The van der Waals surface area contributed by atoms with E-state index in [1.165, 1.54) is 5.56 Å². The highest BCUT2D eigenvalue weighted by atomic mass is 16.5. The quantitative estimate of drug-likeness (QED) is 0.723. The summed E-state index contributed by atoms with van der Waals surface area (Å²) < 4.78 is 7.45. The number of hydrogen-bond acceptors (Lipinski definition) is 5. The van der Waals surface area contributed by atoms with Gasteiger partial charge in [0.15, 0.2) is 5.82 Å². The Balaban J connectivity index is 1.35. The largest absolute Gasteiger partial charge is 0.373 e. The number of hydrogen-bond donors (Lipinski definition) is 1. The molecule has 2 atom stereocenters. The smallest absolute Gasteiger partial charge is 0.255 e. The second-order valence-electron chi connectivity index (χ2n) is 7.46. The molecule has 1 aromatic carbocycles. The Labute approximate surface area is 170 Å². The second kappa shape index (κ2) is 8.55. The van der Waals surface area contributed by atoms with Crippen LogP contribution in [-0.2, 0) is 11.3 Å². The molecule has 1 saturated heterocycles. The Morgan fingerprint density at radius 2 is 1.90 bits per heavy atom. The maximum Gasteiger partial charge on any atom is 0.255 e. The third kappa shape index (κ3) is 4.88. The molecule has 3 heterocycles. The van der Waals surface area contributed by atoms with E-state index in [1.807, 2.05) is 48.7 Å². The zero-order valence-corrected chi connectivity index (χ0v) is 16.7. The minimum Gasteiger partial charge on any atom is -0.373 e. The standard InChI is InChI=1S/C22H25N5O2/c1-16-13-26(14-17(2)29-16)15-18-4-6-19(7-5-18)22(28)25-20-8-9-21(23-12-20)27-11-3-10-24-27/h3-12,16-17H,13-15H2,1-2H3,(H,25,28)/t16-,17-/m0/s1. The van der Waals surface area contributed by atoms with Crippen LogP contribution in [0.5, 0.6) is 0 Å². The number of pyridine rings is 1. The van der Waals surface area contributed by atoms with Crippen LogP contribution < -0.4 is 5.32 Å². The predicted molar refractivity (Wildman–Crippen MR) is 111 cm³/mol. The van der Waals surface area contributed by atoms with E-state index >= 15 is 0 Å². The summed E-state index contributed by atoms with van der Waals surface area (Å²) in [4.78, 5) is 19.3. The van der Waals surface area contributed by atoms with Gasteiger partial charge in [0.05, 0.1) is 24.1 Å². The molecule has 7 heteroatoms. The van der Waals surface area contributed by atoms with Crippen molar-refractivity contribution in [3.63, 3.8) is 0 Å².